The highest BCUT2D eigenvalue weighted by molar-refractivity contribution is 5.95. The number of aromatic nitrogens is 2. The minimum atomic E-state index is -0.699. The van der Waals surface area contributed by atoms with Crippen LogP contribution in [0, 0.1) is 0 Å². The van der Waals surface area contributed by atoms with Crippen LogP contribution >= 0.6 is 0 Å². The van der Waals surface area contributed by atoms with Gasteiger partial charge in [-0.1, -0.05) is 56.3 Å². The van der Waals surface area contributed by atoms with Gasteiger partial charge in [0.05, 0.1) is 29.6 Å². The molecule has 1 aliphatic heterocycles. The maximum atomic E-state index is 12.8. The van der Waals surface area contributed by atoms with Crippen LogP contribution in [-0.4, -0.2) is 28.4 Å². The Morgan fingerprint density at radius 3 is 2.45 bits per heavy atom. The Labute approximate surface area is 193 Å². The number of nitrogens with zero attached hydrogens (tertiary/aromatic N) is 2. The van der Waals surface area contributed by atoms with Crippen LogP contribution in [0.1, 0.15) is 50.8 Å². The first kappa shape index (κ1) is 22.3. The summed E-state index contributed by atoms with van der Waals surface area (Å²) in [4.78, 5) is 25.2. The summed E-state index contributed by atoms with van der Waals surface area (Å²) in [5.74, 6) is -0.0637. The number of ether oxygens (including phenoxy) is 1. The number of urea groups is 1. The third kappa shape index (κ3) is 4.53. The fourth-order valence-electron chi connectivity index (χ4n) is 3.97. The van der Waals surface area contributed by atoms with Crippen molar-refractivity contribution >= 4 is 12.0 Å². The number of nitrogens with one attached hydrogen (secondary N) is 2. The van der Waals surface area contributed by atoms with Gasteiger partial charge >= 0.3 is 12.0 Å². The van der Waals surface area contributed by atoms with E-state index in [-0.39, 0.29) is 12.6 Å². The normalized spacial score (nSPS) is 15.9. The van der Waals surface area contributed by atoms with Gasteiger partial charge in [-0.05, 0) is 37.5 Å². The quantitative estimate of drug-likeness (QED) is 0.532. The molecule has 7 nitrogen and oxygen atoms in total. The molecule has 2 aromatic carbocycles. The number of amides is 2. The maximum Gasteiger partial charge on any atom is 0.338 e. The minimum absolute atomic E-state index is 0.239. The molecule has 0 spiro atoms. The van der Waals surface area contributed by atoms with Crippen molar-refractivity contribution in [3.8, 4) is 16.9 Å². The molecule has 7 heteroatoms. The summed E-state index contributed by atoms with van der Waals surface area (Å²) in [6.07, 6.45) is 1.86. The van der Waals surface area contributed by atoms with Gasteiger partial charge in [-0.2, -0.15) is 5.10 Å². The molecule has 3 aromatic rings. The van der Waals surface area contributed by atoms with E-state index in [0.29, 0.717) is 28.4 Å². The van der Waals surface area contributed by atoms with Crippen molar-refractivity contribution in [2.45, 2.75) is 39.7 Å². The van der Waals surface area contributed by atoms with E-state index in [9.17, 15) is 9.59 Å². The van der Waals surface area contributed by atoms with E-state index in [1.54, 1.807) is 18.5 Å². The number of carbonyl (C=O) groups excluding carboxylic acids is 2. The number of hydrogen-bond acceptors (Lipinski definition) is 4. The summed E-state index contributed by atoms with van der Waals surface area (Å²) < 4.78 is 7.07. The molecule has 2 amide bonds. The van der Waals surface area contributed by atoms with Gasteiger partial charge in [0.1, 0.15) is 0 Å². The fraction of sp³-hybridized carbons (Fsp3) is 0.269. The third-order valence-electron chi connectivity index (χ3n) is 5.69. The predicted octanol–water partition coefficient (Wildman–Crippen LogP) is 4.85. The van der Waals surface area contributed by atoms with E-state index in [1.165, 1.54) is 5.56 Å². The molecule has 0 radical (unpaired) electrons. The van der Waals surface area contributed by atoms with E-state index in [2.05, 4.69) is 36.6 Å². The lowest BCUT2D eigenvalue weighted by molar-refractivity contribution is -0.139. The second-order valence-electron chi connectivity index (χ2n) is 8.28. The van der Waals surface area contributed by atoms with Crippen LogP contribution in [0.2, 0.25) is 0 Å². The summed E-state index contributed by atoms with van der Waals surface area (Å²) in [6.45, 7) is 8.00. The molecule has 170 valence electrons. The molecule has 4 rings (SSSR count). The van der Waals surface area contributed by atoms with E-state index in [0.717, 1.165) is 11.3 Å². The Morgan fingerprint density at radius 1 is 1.12 bits per heavy atom. The minimum Gasteiger partial charge on any atom is -0.463 e. The van der Waals surface area contributed by atoms with Crippen LogP contribution in [0.5, 0.6) is 0 Å². The molecule has 0 aliphatic carbocycles. The highest BCUT2D eigenvalue weighted by atomic mass is 16.5. The fourth-order valence-corrected chi connectivity index (χ4v) is 3.97. The molecule has 2 N–H and O–H groups in total. The average molecular weight is 445 g/mol. The summed E-state index contributed by atoms with van der Waals surface area (Å²) in [7, 11) is 0. The molecule has 1 atom stereocenters. The molecule has 1 aliphatic rings. The first-order valence-electron chi connectivity index (χ1n) is 11.1. The Hall–Kier alpha value is -3.87. The summed E-state index contributed by atoms with van der Waals surface area (Å²) in [5.41, 5.74) is 5.24. The SMILES string of the molecule is CCOC(=O)C1=C(C)NC(=O)NC1c1cn(-c2ccccc2)nc1-c1ccc(C(C)C)cc1. The second kappa shape index (κ2) is 9.32. The molecule has 1 aromatic heterocycles. The molecule has 0 fully saturated rings. The monoisotopic (exact) mass is 444 g/mol. The van der Waals surface area contributed by atoms with Crippen LogP contribution in [0.15, 0.2) is 72.1 Å². The van der Waals surface area contributed by atoms with E-state index < -0.39 is 12.0 Å². The van der Waals surface area contributed by atoms with Crippen molar-refractivity contribution in [3.05, 3.63) is 83.2 Å². The first-order chi connectivity index (χ1) is 15.9. The zero-order chi connectivity index (χ0) is 23.5. The Bertz CT molecular complexity index is 1190. The molecule has 0 bridgehead atoms. The molecule has 0 saturated carbocycles. The highest BCUT2D eigenvalue weighted by Crippen LogP contribution is 2.35. The van der Waals surface area contributed by atoms with E-state index in [4.69, 9.17) is 9.84 Å². The predicted molar refractivity (Wildman–Crippen MR) is 127 cm³/mol. The zero-order valence-electron chi connectivity index (χ0n) is 19.3. The highest BCUT2D eigenvalue weighted by Gasteiger charge is 2.35. The van der Waals surface area contributed by atoms with Gasteiger partial charge in [-0.3, -0.25) is 0 Å². The second-order valence-corrected chi connectivity index (χ2v) is 8.28. The number of carbonyl (C=O) groups is 2. The van der Waals surface area contributed by atoms with Crippen LogP contribution in [0.4, 0.5) is 4.79 Å². The number of allylic oxidation sites excluding steroid dienone is 1. The van der Waals surface area contributed by atoms with Crippen molar-refractivity contribution in [2.24, 2.45) is 0 Å². The lowest BCUT2D eigenvalue weighted by Crippen LogP contribution is -2.45. The Kier molecular flexibility index (Phi) is 6.31. The number of rotatable bonds is 6. The molecular formula is C26H28N4O3. The third-order valence-corrected chi connectivity index (χ3v) is 5.69. The molecule has 33 heavy (non-hydrogen) atoms. The van der Waals surface area contributed by atoms with Gasteiger partial charge in [0.15, 0.2) is 0 Å². The van der Waals surface area contributed by atoms with Gasteiger partial charge in [0.2, 0.25) is 0 Å². The smallest absolute Gasteiger partial charge is 0.338 e. The first-order valence-corrected chi connectivity index (χ1v) is 11.1. The lowest BCUT2D eigenvalue weighted by atomic mass is 9.93. The van der Waals surface area contributed by atoms with Crippen molar-refractivity contribution in [3.63, 3.8) is 0 Å². The summed E-state index contributed by atoms with van der Waals surface area (Å²) in [6, 6.07) is 16.9. The summed E-state index contributed by atoms with van der Waals surface area (Å²) >= 11 is 0. The summed E-state index contributed by atoms with van der Waals surface area (Å²) in [5, 5.41) is 10.4. The van der Waals surface area contributed by atoms with Crippen LogP contribution in [-0.2, 0) is 9.53 Å². The molecular weight excluding hydrogens is 416 g/mol. The lowest BCUT2D eigenvalue weighted by Gasteiger charge is -2.27. The van der Waals surface area contributed by atoms with Crippen molar-refractivity contribution in [1.29, 1.82) is 0 Å². The molecule has 2 heterocycles. The van der Waals surface area contributed by atoms with Crippen molar-refractivity contribution in [2.75, 3.05) is 6.61 Å². The average Bonchev–Trinajstić information content (AvgIpc) is 3.25. The number of esters is 1. The largest absolute Gasteiger partial charge is 0.463 e. The van der Waals surface area contributed by atoms with Crippen LogP contribution < -0.4 is 10.6 Å². The van der Waals surface area contributed by atoms with Gasteiger partial charge < -0.3 is 15.4 Å². The number of benzene rings is 2. The Morgan fingerprint density at radius 2 is 1.82 bits per heavy atom. The molecule has 0 saturated heterocycles. The van der Waals surface area contributed by atoms with Gasteiger partial charge in [-0.15, -0.1) is 0 Å². The van der Waals surface area contributed by atoms with Crippen molar-refractivity contribution in [1.82, 2.24) is 20.4 Å². The zero-order valence-corrected chi connectivity index (χ0v) is 19.3. The topological polar surface area (TPSA) is 85.2 Å². The van der Waals surface area contributed by atoms with Gasteiger partial charge in [-0.25, -0.2) is 14.3 Å². The van der Waals surface area contributed by atoms with Crippen LogP contribution in [0.25, 0.3) is 16.9 Å². The van der Waals surface area contributed by atoms with E-state index >= 15 is 0 Å². The van der Waals surface area contributed by atoms with Crippen molar-refractivity contribution < 1.29 is 14.3 Å². The van der Waals surface area contributed by atoms with Gasteiger partial charge in [0.25, 0.3) is 0 Å². The van der Waals surface area contributed by atoms with Gasteiger partial charge in [0, 0.05) is 23.0 Å². The standard InChI is InChI=1S/C26H28N4O3/c1-5-33-25(31)22-17(4)27-26(32)28-24(22)21-15-30(20-9-7-6-8-10-20)29-23(21)19-13-11-18(12-14-19)16(2)3/h6-16,24H,5H2,1-4H3,(H2,27,28,32). The van der Waals surface area contributed by atoms with Crippen LogP contribution in [0.3, 0.4) is 0 Å². The number of para-hydroxylation sites is 1. The maximum absolute atomic E-state index is 12.8. The Balaban J connectivity index is 1.88. The van der Waals surface area contributed by atoms with E-state index in [1.807, 2.05) is 48.7 Å². The number of hydrogen-bond donors (Lipinski definition) is 2. The molecule has 1 unspecified atom stereocenters.